The summed E-state index contributed by atoms with van der Waals surface area (Å²) in [7, 11) is 1.83. The van der Waals surface area contributed by atoms with Gasteiger partial charge in [-0.05, 0) is 38.1 Å². The standard InChI is InChI=1S/C13H20N2O2/c1-14(10-12-6-5-9-17-12)13(16)11-15-7-3-2-4-8-15/h5-6,9H,2-4,7-8,10-11H2,1H3. The first kappa shape index (κ1) is 12.2. The molecule has 1 saturated heterocycles. The van der Waals surface area contributed by atoms with Crippen LogP contribution in [-0.2, 0) is 11.3 Å². The second-order valence-electron chi connectivity index (χ2n) is 4.67. The fourth-order valence-electron chi connectivity index (χ4n) is 2.15. The van der Waals surface area contributed by atoms with Crippen molar-refractivity contribution in [3.63, 3.8) is 0 Å². The Morgan fingerprint density at radius 3 is 2.82 bits per heavy atom. The van der Waals surface area contributed by atoms with E-state index in [0.717, 1.165) is 18.8 Å². The number of rotatable bonds is 4. The molecule has 0 atom stereocenters. The van der Waals surface area contributed by atoms with Crippen molar-refractivity contribution in [3.8, 4) is 0 Å². The number of carbonyl (C=O) groups is 1. The number of carbonyl (C=O) groups excluding carboxylic acids is 1. The van der Waals surface area contributed by atoms with Crippen molar-refractivity contribution in [2.45, 2.75) is 25.8 Å². The third-order valence-electron chi connectivity index (χ3n) is 3.21. The Kier molecular flexibility index (Phi) is 4.20. The van der Waals surface area contributed by atoms with E-state index in [2.05, 4.69) is 4.90 Å². The molecule has 0 aromatic carbocycles. The third-order valence-corrected chi connectivity index (χ3v) is 3.21. The van der Waals surface area contributed by atoms with E-state index in [1.54, 1.807) is 11.2 Å². The summed E-state index contributed by atoms with van der Waals surface area (Å²) < 4.78 is 5.24. The summed E-state index contributed by atoms with van der Waals surface area (Å²) in [4.78, 5) is 16.0. The largest absolute Gasteiger partial charge is 0.467 e. The highest BCUT2D eigenvalue weighted by molar-refractivity contribution is 5.77. The Hall–Kier alpha value is -1.29. The molecule has 1 aliphatic rings. The molecule has 4 heteroatoms. The zero-order valence-electron chi connectivity index (χ0n) is 10.4. The molecule has 2 rings (SSSR count). The first-order valence-electron chi connectivity index (χ1n) is 6.24. The van der Waals surface area contributed by atoms with Crippen LogP contribution in [0.1, 0.15) is 25.0 Å². The lowest BCUT2D eigenvalue weighted by Crippen LogP contribution is -2.40. The van der Waals surface area contributed by atoms with Gasteiger partial charge in [-0.1, -0.05) is 6.42 Å². The topological polar surface area (TPSA) is 36.7 Å². The number of amides is 1. The molecule has 2 heterocycles. The molecule has 1 amide bonds. The summed E-state index contributed by atoms with van der Waals surface area (Å²) in [5, 5.41) is 0. The Bertz CT molecular complexity index is 342. The van der Waals surface area contributed by atoms with Crippen molar-refractivity contribution in [3.05, 3.63) is 24.2 Å². The molecule has 0 spiro atoms. The van der Waals surface area contributed by atoms with Crippen LogP contribution in [-0.4, -0.2) is 42.4 Å². The maximum atomic E-state index is 12.0. The van der Waals surface area contributed by atoms with Gasteiger partial charge in [-0.2, -0.15) is 0 Å². The maximum absolute atomic E-state index is 12.0. The number of likely N-dealkylation sites (N-methyl/N-ethyl adjacent to an activating group) is 1. The van der Waals surface area contributed by atoms with Gasteiger partial charge in [0.05, 0.1) is 19.4 Å². The number of piperidine rings is 1. The van der Waals surface area contributed by atoms with Crippen LogP contribution in [0.15, 0.2) is 22.8 Å². The van der Waals surface area contributed by atoms with E-state index in [1.807, 2.05) is 19.2 Å². The van der Waals surface area contributed by atoms with Crippen molar-refractivity contribution in [2.75, 3.05) is 26.7 Å². The molecule has 0 bridgehead atoms. The van der Waals surface area contributed by atoms with Gasteiger partial charge in [0.15, 0.2) is 0 Å². The molecule has 0 unspecified atom stereocenters. The second kappa shape index (κ2) is 5.87. The lowest BCUT2D eigenvalue weighted by molar-refractivity contribution is -0.132. The molecule has 1 aliphatic heterocycles. The Morgan fingerprint density at radius 1 is 1.41 bits per heavy atom. The molecular formula is C13H20N2O2. The SMILES string of the molecule is CN(Cc1ccco1)C(=O)CN1CCCCC1. The number of nitrogens with zero attached hydrogens (tertiary/aromatic N) is 2. The molecule has 0 saturated carbocycles. The lowest BCUT2D eigenvalue weighted by Gasteiger charge is -2.27. The van der Waals surface area contributed by atoms with Gasteiger partial charge < -0.3 is 9.32 Å². The number of likely N-dealkylation sites (tertiary alicyclic amines) is 1. The minimum Gasteiger partial charge on any atom is -0.467 e. The predicted molar refractivity (Wildman–Crippen MR) is 65.5 cm³/mol. The molecule has 0 aliphatic carbocycles. The normalized spacial score (nSPS) is 17.0. The van der Waals surface area contributed by atoms with Crippen LogP contribution >= 0.6 is 0 Å². The highest BCUT2D eigenvalue weighted by Gasteiger charge is 2.17. The molecule has 0 radical (unpaired) electrons. The van der Waals surface area contributed by atoms with E-state index in [0.29, 0.717) is 13.1 Å². The van der Waals surface area contributed by atoms with E-state index in [9.17, 15) is 4.79 Å². The van der Waals surface area contributed by atoms with Gasteiger partial charge in [-0.15, -0.1) is 0 Å². The van der Waals surface area contributed by atoms with Crippen molar-refractivity contribution in [2.24, 2.45) is 0 Å². The number of hydrogen-bond donors (Lipinski definition) is 0. The summed E-state index contributed by atoms with van der Waals surface area (Å²) in [5.74, 6) is 1.00. The Morgan fingerprint density at radius 2 is 2.18 bits per heavy atom. The Balaban J connectivity index is 1.78. The highest BCUT2D eigenvalue weighted by atomic mass is 16.3. The second-order valence-corrected chi connectivity index (χ2v) is 4.67. The first-order valence-corrected chi connectivity index (χ1v) is 6.24. The molecular weight excluding hydrogens is 216 g/mol. The number of furan rings is 1. The predicted octanol–water partition coefficient (Wildman–Crippen LogP) is 1.72. The van der Waals surface area contributed by atoms with Gasteiger partial charge in [0.2, 0.25) is 5.91 Å². The van der Waals surface area contributed by atoms with E-state index >= 15 is 0 Å². The molecule has 1 aromatic rings. The fraction of sp³-hybridized carbons (Fsp3) is 0.615. The van der Waals surface area contributed by atoms with E-state index in [4.69, 9.17) is 4.42 Å². The molecule has 4 nitrogen and oxygen atoms in total. The van der Waals surface area contributed by atoms with Crippen molar-refractivity contribution < 1.29 is 9.21 Å². The molecule has 1 fully saturated rings. The first-order chi connectivity index (χ1) is 8.25. The van der Waals surface area contributed by atoms with Crippen molar-refractivity contribution in [1.29, 1.82) is 0 Å². The van der Waals surface area contributed by atoms with Gasteiger partial charge in [0.25, 0.3) is 0 Å². The van der Waals surface area contributed by atoms with Crippen LogP contribution in [0.2, 0.25) is 0 Å². The van der Waals surface area contributed by atoms with Gasteiger partial charge in [-0.25, -0.2) is 0 Å². The molecule has 0 N–H and O–H groups in total. The molecule has 1 aromatic heterocycles. The van der Waals surface area contributed by atoms with Crippen LogP contribution in [0, 0.1) is 0 Å². The fourth-order valence-corrected chi connectivity index (χ4v) is 2.15. The summed E-state index contributed by atoms with van der Waals surface area (Å²) in [6.07, 6.45) is 5.37. The zero-order chi connectivity index (χ0) is 12.1. The average molecular weight is 236 g/mol. The van der Waals surface area contributed by atoms with Crippen LogP contribution < -0.4 is 0 Å². The maximum Gasteiger partial charge on any atom is 0.236 e. The quantitative estimate of drug-likeness (QED) is 0.798. The third kappa shape index (κ3) is 3.60. The van der Waals surface area contributed by atoms with Gasteiger partial charge in [-0.3, -0.25) is 9.69 Å². The van der Waals surface area contributed by atoms with Crippen molar-refractivity contribution in [1.82, 2.24) is 9.80 Å². The number of hydrogen-bond acceptors (Lipinski definition) is 3. The summed E-state index contributed by atoms with van der Waals surface area (Å²) >= 11 is 0. The summed E-state index contributed by atoms with van der Waals surface area (Å²) in [6, 6.07) is 3.74. The lowest BCUT2D eigenvalue weighted by atomic mass is 10.1. The zero-order valence-corrected chi connectivity index (χ0v) is 10.4. The van der Waals surface area contributed by atoms with Crippen LogP contribution in [0.4, 0.5) is 0 Å². The minimum atomic E-state index is 0.170. The molecule has 17 heavy (non-hydrogen) atoms. The molecule has 94 valence electrons. The van der Waals surface area contributed by atoms with Gasteiger partial charge in [0.1, 0.15) is 5.76 Å². The van der Waals surface area contributed by atoms with Crippen LogP contribution in [0.3, 0.4) is 0 Å². The van der Waals surface area contributed by atoms with Crippen LogP contribution in [0.25, 0.3) is 0 Å². The van der Waals surface area contributed by atoms with Gasteiger partial charge >= 0.3 is 0 Å². The van der Waals surface area contributed by atoms with Crippen LogP contribution in [0.5, 0.6) is 0 Å². The van der Waals surface area contributed by atoms with Crippen molar-refractivity contribution >= 4 is 5.91 Å². The summed E-state index contributed by atoms with van der Waals surface area (Å²) in [6.45, 7) is 3.21. The van der Waals surface area contributed by atoms with E-state index in [-0.39, 0.29) is 5.91 Å². The Labute approximate surface area is 102 Å². The van der Waals surface area contributed by atoms with E-state index < -0.39 is 0 Å². The average Bonchev–Trinajstić information content (AvgIpc) is 2.83. The monoisotopic (exact) mass is 236 g/mol. The highest BCUT2D eigenvalue weighted by Crippen LogP contribution is 2.09. The minimum absolute atomic E-state index is 0.170. The summed E-state index contributed by atoms with van der Waals surface area (Å²) in [5.41, 5.74) is 0. The smallest absolute Gasteiger partial charge is 0.236 e. The van der Waals surface area contributed by atoms with Gasteiger partial charge in [0, 0.05) is 7.05 Å². The van der Waals surface area contributed by atoms with E-state index in [1.165, 1.54) is 19.3 Å².